The number of aryl methyl sites for hydroxylation is 1. The lowest BCUT2D eigenvalue weighted by Crippen LogP contribution is -2.18. The van der Waals surface area contributed by atoms with E-state index in [4.69, 9.17) is 0 Å². The Morgan fingerprint density at radius 3 is 3.00 bits per heavy atom. The highest BCUT2D eigenvalue weighted by Crippen LogP contribution is 1.97. The molecule has 1 aromatic heterocycles. The van der Waals surface area contributed by atoms with Gasteiger partial charge in [0.1, 0.15) is 0 Å². The van der Waals surface area contributed by atoms with Crippen LogP contribution in [0, 0.1) is 6.92 Å². The molecule has 0 amide bonds. The van der Waals surface area contributed by atoms with E-state index in [-0.39, 0.29) is 0 Å². The van der Waals surface area contributed by atoms with Crippen LogP contribution in [-0.2, 0) is 6.54 Å². The molecule has 0 aromatic carbocycles. The van der Waals surface area contributed by atoms with E-state index in [1.165, 1.54) is 0 Å². The summed E-state index contributed by atoms with van der Waals surface area (Å²) in [4.78, 5) is 0. The van der Waals surface area contributed by atoms with Crippen LogP contribution in [0.2, 0.25) is 0 Å². The minimum absolute atomic E-state index is 0.806. The third kappa shape index (κ3) is 3.42. The molecule has 1 rings (SSSR count). The van der Waals surface area contributed by atoms with E-state index in [1.54, 1.807) is 0 Å². The van der Waals surface area contributed by atoms with Gasteiger partial charge in [-0.05, 0) is 25.1 Å². The Morgan fingerprint density at radius 2 is 2.46 bits per heavy atom. The summed E-state index contributed by atoms with van der Waals surface area (Å²) in [5.41, 5.74) is 2.21. The van der Waals surface area contributed by atoms with Crippen molar-refractivity contribution >= 4 is 0 Å². The van der Waals surface area contributed by atoms with Crippen molar-refractivity contribution in [3.05, 3.63) is 30.1 Å². The van der Waals surface area contributed by atoms with Crippen LogP contribution in [0.25, 0.3) is 0 Å². The quantitative estimate of drug-likeness (QED) is 0.692. The van der Waals surface area contributed by atoms with Gasteiger partial charge < -0.3 is 5.32 Å². The van der Waals surface area contributed by atoms with Crippen LogP contribution in [0.4, 0.5) is 0 Å². The fourth-order valence-electron chi connectivity index (χ4n) is 1.14. The molecule has 0 bridgehead atoms. The Balaban J connectivity index is 2.36. The first-order chi connectivity index (χ1) is 6.22. The van der Waals surface area contributed by atoms with E-state index in [0.29, 0.717) is 0 Å². The molecule has 0 atom stereocenters. The molecule has 0 aliphatic carbocycles. The summed E-state index contributed by atoms with van der Waals surface area (Å²) >= 11 is 0. The Hall–Kier alpha value is -1.09. The highest BCUT2D eigenvalue weighted by Gasteiger charge is 1.96. The number of likely N-dealkylation sites (N-methyl/N-ethyl adjacent to an activating group) is 1. The lowest BCUT2D eigenvalue weighted by molar-refractivity contribution is 0.640. The first kappa shape index (κ1) is 9.99. The van der Waals surface area contributed by atoms with Crippen molar-refractivity contribution in [1.29, 1.82) is 0 Å². The Labute approximate surface area is 79.5 Å². The van der Waals surface area contributed by atoms with Crippen LogP contribution in [0.3, 0.4) is 0 Å². The molecule has 13 heavy (non-hydrogen) atoms. The largest absolute Gasteiger partial charge is 0.313 e. The molecule has 3 heteroatoms. The van der Waals surface area contributed by atoms with Crippen molar-refractivity contribution in [2.45, 2.75) is 20.4 Å². The van der Waals surface area contributed by atoms with Gasteiger partial charge in [0.15, 0.2) is 0 Å². The van der Waals surface area contributed by atoms with Crippen LogP contribution in [0.1, 0.15) is 12.6 Å². The highest BCUT2D eigenvalue weighted by molar-refractivity contribution is 5.00. The van der Waals surface area contributed by atoms with Crippen molar-refractivity contribution in [1.82, 2.24) is 15.1 Å². The average Bonchev–Trinajstić information content (AvgIpc) is 2.48. The zero-order valence-electron chi connectivity index (χ0n) is 8.38. The normalized spacial score (nSPS) is 10.3. The number of nitrogens with zero attached hydrogens (tertiary/aromatic N) is 2. The Bertz CT molecular complexity index is 275. The first-order valence-corrected chi connectivity index (χ1v) is 4.59. The fraction of sp³-hybridized carbons (Fsp3) is 0.500. The van der Waals surface area contributed by atoms with E-state index in [1.807, 2.05) is 23.9 Å². The van der Waals surface area contributed by atoms with Crippen LogP contribution < -0.4 is 5.32 Å². The molecule has 0 unspecified atom stereocenters. The van der Waals surface area contributed by atoms with Gasteiger partial charge in [-0.2, -0.15) is 5.10 Å². The van der Waals surface area contributed by atoms with Crippen LogP contribution in [0.15, 0.2) is 24.4 Å². The van der Waals surface area contributed by atoms with Crippen LogP contribution >= 0.6 is 0 Å². The molecule has 0 aliphatic rings. The molecular weight excluding hydrogens is 162 g/mol. The summed E-state index contributed by atoms with van der Waals surface area (Å²) in [5, 5.41) is 7.52. The molecule has 0 radical (unpaired) electrons. The summed E-state index contributed by atoms with van der Waals surface area (Å²) in [7, 11) is 0. The maximum Gasteiger partial charge on any atom is 0.0629 e. The lowest BCUT2D eigenvalue weighted by Gasteiger charge is -2.05. The van der Waals surface area contributed by atoms with E-state index >= 15 is 0 Å². The minimum atomic E-state index is 0.806. The van der Waals surface area contributed by atoms with Gasteiger partial charge in [0.2, 0.25) is 0 Å². The zero-order chi connectivity index (χ0) is 9.68. The van der Waals surface area contributed by atoms with E-state index in [2.05, 4.69) is 23.9 Å². The molecule has 3 nitrogen and oxygen atoms in total. The summed E-state index contributed by atoms with van der Waals surface area (Å²) in [6.07, 6.45) is 1.98. The lowest BCUT2D eigenvalue weighted by atomic mass is 10.3. The second-order valence-corrected chi connectivity index (χ2v) is 3.19. The minimum Gasteiger partial charge on any atom is -0.313 e. The van der Waals surface area contributed by atoms with Gasteiger partial charge in [-0.1, -0.05) is 13.5 Å². The fourth-order valence-corrected chi connectivity index (χ4v) is 1.14. The topological polar surface area (TPSA) is 29.9 Å². The van der Waals surface area contributed by atoms with Crippen molar-refractivity contribution in [3.8, 4) is 0 Å². The Morgan fingerprint density at radius 1 is 1.69 bits per heavy atom. The van der Waals surface area contributed by atoms with Gasteiger partial charge in [0.25, 0.3) is 0 Å². The van der Waals surface area contributed by atoms with Gasteiger partial charge in [-0.25, -0.2) is 0 Å². The molecule has 0 spiro atoms. The van der Waals surface area contributed by atoms with Crippen LogP contribution in [0.5, 0.6) is 0 Å². The first-order valence-electron chi connectivity index (χ1n) is 4.59. The summed E-state index contributed by atoms with van der Waals surface area (Å²) in [6, 6.07) is 2.00. The van der Waals surface area contributed by atoms with Gasteiger partial charge in [0.05, 0.1) is 12.2 Å². The summed E-state index contributed by atoms with van der Waals surface area (Å²) in [5.74, 6) is 0. The predicted octanol–water partition coefficient (Wildman–Crippen LogP) is 1.36. The van der Waals surface area contributed by atoms with E-state index < -0.39 is 0 Å². The second-order valence-electron chi connectivity index (χ2n) is 3.19. The maximum absolute atomic E-state index is 4.29. The molecule has 1 heterocycles. The number of rotatable bonds is 5. The molecule has 0 saturated heterocycles. The Kier molecular flexibility index (Phi) is 3.71. The summed E-state index contributed by atoms with van der Waals surface area (Å²) < 4.78 is 1.91. The summed E-state index contributed by atoms with van der Waals surface area (Å²) in [6.45, 7) is 10.7. The van der Waals surface area contributed by atoms with E-state index in [9.17, 15) is 0 Å². The third-order valence-electron chi connectivity index (χ3n) is 1.78. The van der Waals surface area contributed by atoms with Gasteiger partial charge in [-0.3, -0.25) is 4.68 Å². The third-order valence-corrected chi connectivity index (χ3v) is 1.78. The van der Waals surface area contributed by atoms with Gasteiger partial charge in [-0.15, -0.1) is 0 Å². The maximum atomic E-state index is 4.29. The molecule has 1 aromatic rings. The monoisotopic (exact) mass is 179 g/mol. The SMILES string of the molecule is C=C(CNCC)Cn1ccc(C)n1. The highest BCUT2D eigenvalue weighted by atomic mass is 15.3. The molecular formula is C10H17N3. The van der Waals surface area contributed by atoms with E-state index in [0.717, 1.165) is 30.9 Å². The second kappa shape index (κ2) is 4.82. The van der Waals surface area contributed by atoms with Gasteiger partial charge in [0, 0.05) is 12.7 Å². The number of nitrogens with one attached hydrogen (secondary N) is 1. The van der Waals surface area contributed by atoms with Gasteiger partial charge >= 0.3 is 0 Å². The molecule has 1 N–H and O–H groups in total. The van der Waals surface area contributed by atoms with Crippen molar-refractivity contribution in [2.75, 3.05) is 13.1 Å². The van der Waals surface area contributed by atoms with Crippen LogP contribution in [-0.4, -0.2) is 22.9 Å². The number of hydrogen-bond acceptors (Lipinski definition) is 2. The predicted molar refractivity (Wildman–Crippen MR) is 54.6 cm³/mol. The molecule has 0 saturated carbocycles. The molecule has 72 valence electrons. The smallest absolute Gasteiger partial charge is 0.0629 e. The number of hydrogen-bond donors (Lipinski definition) is 1. The van der Waals surface area contributed by atoms with Crippen molar-refractivity contribution < 1.29 is 0 Å². The molecule has 0 fully saturated rings. The molecule has 0 aliphatic heterocycles. The van der Waals surface area contributed by atoms with Crippen molar-refractivity contribution in [3.63, 3.8) is 0 Å². The number of aromatic nitrogens is 2. The van der Waals surface area contributed by atoms with Crippen molar-refractivity contribution in [2.24, 2.45) is 0 Å². The zero-order valence-corrected chi connectivity index (χ0v) is 8.38. The standard InChI is InChI=1S/C10H17N3/c1-4-11-7-9(2)8-13-6-5-10(3)12-13/h5-6,11H,2,4,7-8H2,1,3H3. The average molecular weight is 179 g/mol.